The molecule has 0 amide bonds. The highest BCUT2D eigenvalue weighted by Gasteiger charge is 2.48. The fourth-order valence-electron chi connectivity index (χ4n) is 5.22. The van der Waals surface area contributed by atoms with Crippen molar-refractivity contribution in [3.63, 3.8) is 0 Å². The number of Topliss-reactive ketones (excluding diaryl/α,β-unsaturated/α-hetero) is 3. The van der Waals surface area contributed by atoms with Crippen molar-refractivity contribution in [2.24, 2.45) is 0 Å². The van der Waals surface area contributed by atoms with Crippen LogP contribution in [0.25, 0.3) is 0 Å². The molecule has 0 N–H and O–H groups in total. The quantitative estimate of drug-likeness (QED) is 0.229. The molecule has 0 radical (unpaired) electrons. The molecule has 0 saturated carbocycles. The predicted octanol–water partition coefficient (Wildman–Crippen LogP) is 8.81. The van der Waals surface area contributed by atoms with E-state index in [2.05, 4.69) is 47.8 Å². The minimum absolute atomic E-state index is 0.0155. The van der Waals surface area contributed by atoms with Gasteiger partial charge in [0.15, 0.2) is 17.3 Å². The molecule has 6 rings (SSSR count). The fourth-order valence-corrected chi connectivity index (χ4v) is 8.66. The zero-order valence-electron chi connectivity index (χ0n) is 20.4. The first-order valence-corrected chi connectivity index (χ1v) is 17.0. The SMILES string of the molecule is O=C1c2ccc(Br)c(Cl)c2CC1OP(=O)(OC1Cc2c(ccc(Br)c2Cl)C1=O)OC1Cc2c(ccc(Br)c2Cl)C1=O. The van der Waals surface area contributed by atoms with Gasteiger partial charge < -0.3 is 0 Å². The number of phosphoric acid groups is 1. The van der Waals surface area contributed by atoms with Crippen LogP contribution in [0.3, 0.4) is 0 Å². The van der Waals surface area contributed by atoms with Crippen LogP contribution in [0, 0.1) is 0 Å². The zero-order chi connectivity index (χ0) is 29.4. The molecule has 0 bridgehead atoms. The number of rotatable bonds is 6. The molecular formula is C27H15Br3Cl3O7P. The van der Waals surface area contributed by atoms with Crippen molar-refractivity contribution >= 4 is 108 Å². The van der Waals surface area contributed by atoms with E-state index >= 15 is 0 Å². The summed E-state index contributed by atoms with van der Waals surface area (Å²) < 4.78 is 33.6. The van der Waals surface area contributed by atoms with Crippen LogP contribution in [0.4, 0.5) is 0 Å². The van der Waals surface area contributed by atoms with E-state index in [1.165, 1.54) is 0 Å². The van der Waals surface area contributed by atoms with Gasteiger partial charge in [-0.2, -0.15) is 0 Å². The van der Waals surface area contributed by atoms with Gasteiger partial charge in [0.05, 0.1) is 15.1 Å². The summed E-state index contributed by atoms with van der Waals surface area (Å²) in [6.45, 7) is 0. The summed E-state index contributed by atoms with van der Waals surface area (Å²) in [6, 6.07) is 9.62. The number of fused-ring (bicyclic) bond motifs is 3. The topological polar surface area (TPSA) is 96.0 Å². The normalized spacial score (nSPS) is 22.6. The molecule has 7 nitrogen and oxygen atoms in total. The second-order valence-electron chi connectivity index (χ2n) is 9.60. The van der Waals surface area contributed by atoms with Gasteiger partial charge in [-0.05, 0) is 101 Å². The summed E-state index contributed by atoms with van der Waals surface area (Å²) in [5.41, 5.74) is 2.42. The van der Waals surface area contributed by atoms with E-state index < -0.39 is 43.5 Å². The Balaban J connectivity index is 1.32. The van der Waals surface area contributed by atoms with E-state index in [1.807, 2.05) is 0 Å². The van der Waals surface area contributed by atoms with Crippen molar-refractivity contribution in [2.45, 2.75) is 37.6 Å². The van der Waals surface area contributed by atoms with Crippen LogP contribution in [-0.4, -0.2) is 35.7 Å². The summed E-state index contributed by atoms with van der Waals surface area (Å²) >= 11 is 29.2. The van der Waals surface area contributed by atoms with Crippen LogP contribution in [0.15, 0.2) is 49.8 Å². The Labute approximate surface area is 274 Å². The number of hydrogen-bond acceptors (Lipinski definition) is 7. The Morgan fingerprint density at radius 3 is 1.10 bits per heavy atom. The maximum atomic E-state index is 14.4. The van der Waals surface area contributed by atoms with Gasteiger partial charge in [-0.15, -0.1) is 0 Å². The Morgan fingerprint density at radius 1 is 0.561 bits per heavy atom. The highest BCUT2D eigenvalue weighted by Crippen LogP contribution is 2.57. The van der Waals surface area contributed by atoms with Crippen LogP contribution in [0.2, 0.25) is 15.1 Å². The van der Waals surface area contributed by atoms with Gasteiger partial charge in [-0.25, -0.2) is 4.57 Å². The Morgan fingerprint density at radius 2 is 0.829 bits per heavy atom. The second kappa shape index (κ2) is 11.2. The standard InChI is InChI=1S/C27H15Br3Cl3O7P/c28-16-4-1-10-13(22(16)31)7-19(25(10)34)38-41(37,39-20-8-14-11(26(20)35)2-5-17(29)23(14)32)40-21-9-15-12(27(21)36)3-6-18(30)24(15)33/h1-6,19-21H,7-9H2. The van der Waals surface area contributed by atoms with E-state index in [-0.39, 0.29) is 19.3 Å². The largest absolute Gasteiger partial charge is 0.476 e. The van der Waals surface area contributed by atoms with Gasteiger partial charge in [0.2, 0.25) is 0 Å². The Kier molecular flexibility index (Phi) is 8.25. The maximum Gasteiger partial charge on any atom is 0.476 e. The highest BCUT2D eigenvalue weighted by atomic mass is 79.9. The Hall–Kier alpha value is -0.910. The van der Waals surface area contributed by atoms with Crippen molar-refractivity contribution in [1.82, 2.24) is 0 Å². The molecule has 14 heteroatoms. The van der Waals surface area contributed by atoms with Gasteiger partial charge in [0.1, 0.15) is 18.3 Å². The molecule has 0 fully saturated rings. The van der Waals surface area contributed by atoms with Crippen molar-refractivity contribution in [3.8, 4) is 0 Å². The molecular weight excluding hydrogens is 813 g/mol. The first kappa shape index (κ1) is 30.1. The van der Waals surface area contributed by atoms with Gasteiger partial charge in [-0.1, -0.05) is 34.8 Å². The second-order valence-corrected chi connectivity index (χ2v) is 14.8. The van der Waals surface area contributed by atoms with Gasteiger partial charge in [0.25, 0.3) is 0 Å². The summed E-state index contributed by atoms with van der Waals surface area (Å²) in [6.07, 6.45) is -3.93. The average molecular weight is 828 g/mol. The molecule has 3 aliphatic rings. The lowest BCUT2D eigenvalue weighted by atomic mass is 10.1. The predicted molar refractivity (Wildman–Crippen MR) is 164 cm³/mol. The molecule has 3 aliphatic carbocycles. The number of benzene rings is 3. The third-order valence-corrected chi connectivity index (χ3v) is 12.7. The van der Waals surface area contributed by atoms with E-state index in [9.17, 15) is 18.9 Å². The van der Waals surface area contributed by atoms with Crippen molar-refractivity contribution < 1.29 is 32.5 Å². The number of ketones is 3. The number of halogens is 6. The monoisotopic (exact) mass is 824 g/mol. The fraction of sp³-hybridized carbons (Fsp3) is 0.222. The summed E-state index contributed by atoms with van der Waals surface area (Å²) in [4.78, 5) is 39.8. The first-order chi connectivity index (χ1) is 19.4. The number of phosphoric ester groups is 1. The lowest BCUT2D eigenvalue weighted by Gasteiger charge is -2.25. The highest BCUT2D eigenvalue weighted by molar-refractivity contribution is 9.11. The minimum atomic E-state index is -4.77. The lowest BCUT2D eigenvalue weighted by Crippen LogP contribution is -2.28. The summed E-state index contributed by atoms with van der Waals surface area (Å²) in [5.74, 6) is -1.45. The van der Waals surface area contributed by atoms with Crippen LogP contribution < -0.4 is 0 Å². The smallest absolute Gasteiger partial charge is 0.291 e. The van der Waals surface area contributed by atoms with Gasteiger partial charge >= 0.3 is 7.82 Å². The van der Waals surface area contributed by atoms with E-state index in [0.29, 0.717) is 61.9 Å². The average Bonchev–Trinajstić information content (AvgIpc) is 3.53. The van der Waals surface area contributed by atoms with Crippen LogP contribution in [-0.2, 0) is 37.4 Å². The molecule has 3 aromatic rings. The van der Waals surface area contributed by atoms with Crippen LogP contribution >= 0.6 is 90.4 Å². The molecule has 0 aliphatic heterocycles. The number of carbonyl (C=O) groups is 3. The molecule has 3 atom stereocenters. The molecule has 3 aromatic carbocycles. The first-order valence-electron chi connectivity index (χ1n) is 12.1. The maximum absolute atomic E-state index is 14.4. The summed E-state index contributed by atoms with van der Waals surface area (Å²) in [5, 5.41) is 0.964. The van der Waals surface area contributed by atoms with Crippen molar-refractivity contribution in [2.75, 3.05) is 0 Å². The van der Waals surface area contributed by atoms with E-state index in [1.54, 1.807) is 36.4 Å². The number of hydrogen-bond donors (Lipinski definition) is 0. The van der Waals surface area contributed by atoms with Gasteiger partial charge in [0, 0.05) is 49.4 Å². The lowest BCUT2D eigenvalue weighted by molar-refractivity contribution is 0.0315. The number of carbonyl (C=O) groups excluding carboxylic acids is 3. The van der Waals surface area contributed by atoms with Gasteiger partial charge in [-0.3, -0.25) is 28.0 Å². The molecule has 0 spiro atoms. The minimum Gasteiger partial charge on any atom is -0.291 e. The molecule has 0 aromatic heterocycles. The molecule has 3 unspecified atom stereocenters. The van der Waals surface area contributed by atoms with Crippen LogP contribution in [0.1, 0.15) is 47.8 Å². The van der Waals surface area contributed by atoms with E-state index in [4.69, 9.17) is 48.4 Å². The molecule has 212 valence electrons. The molecule has 41 heavy (non-hydrogen) atoms. The third-order valence-electron chi connectivity index (χ3n) is 7.20. The molecule has 0 saturated heterocycles. The van der Waals surface area contributed by atoms with Crippen molar-refractivity contribution in [1.29, 1.82) is 0 Å². The Bertz CT molecular complexity index is 1550. The van der Waals surface area contributed by atoms with E-state index in [0.717, 1.165) is 0 Å². The third kappa shape index (κ3) is 5.26. The zero-order valence-corrected chi connectivity index (χ0v) is 28.3. The van der Waals surface area contributed by atoms with Crippen LogP contribution in [0.5, 0.6) is 0 Å². The summed E-state index contributed by atoms with van der Waals surface area (Å²) in [7, 11) is -4.77. The van der Waals surface area contributed by atoms with Crippen molar-refractivity contribution in [3.05, 3.63) is 98.3 Å². The molecule has 0 heterocycles.